The second kappa shape index (κ2) is 7.15. The Morgan fingerprint density at radius 2 is 1.91 bits per heavy atom. The molecule has 2 rings (SSSR count). The number of nitrogens with zero attached hydrogens (tertiary/aromatic N) is 3. The Bertz CT molecular complexity index is 614. The van der Waals surface area contributed by atoms with Crippen molar-refractivity contribution in [2.45, 2.75) is 38.9 Å². The van der Waals surface area contributed by atoms with E-state index < -0.39 is 0 Å². The zero-order chi connectivity index (χ0) is 17.0. The molecule has 0 saturated carbocycles. The van der Waals surface area contributed by atoms with Gasteiger partial charge in [0.25, 0.3) is 0 Å². The molecular formula is C18H27N3O2. The van der Waals surface area contributed by atoms with Crippen LogP contribution in [-0.4, -0.2) is 40.6 Å². The van der Waals surface area contributed by atoms with Gasteiger partial charge in [-0.25, -0.2) is 0 Å². The molecule has 1 N–H and O–H groups in total. The topological polar surface area (TPSA) is 50.5 Å². The van der Waals surface area contributed by atoms with Gasteiger partial charge in [0.15, 0.2) is 0 Å². The summed E-state index contributed by atoms with van der Waals surface area (Å²) in [5.74, 6) is 0.819. The molecule has 0 spiro atoms. The van der Waals surface area contributed by atoms with Crippen LogP contribution in [0.15, 0.2) is 36.7 Å². The number of benzene rings is 1. The van der Waals surface area contributed by atoms with E-state index in [1.807, 2.05) is 42.2 Å². The average Bonchev–Trinajstić information content (AvgIpc) is 2.97. The van der Waals surface area contributed by atoms with Gasteiger partial charge in [-0.3, -0.25) is 9.58 Å². The van der Waals surface area contributed by atoms with Crippen LogP contribution in [0.4, 0.5) is 0 Å². The third kappa shape index (κ3) is 4.33. The first-order valence-corrected chi connectivity index (χ1v) is 7.84. The van der Waals surface area contributed by atoms with Crippen LogP contribution in [0.1, 0.15) is 37.9 Å². The number of rotatable bonds is 6. The Labute approximate surface area is 138 Å². The van der Waals surface area contributed by atoms with E-state index in [-0.39, 0.29) is 18.2 Å². The number of hydrogen-bond acceptors (Lipinski definition) is 4. The van der Waals surface area contributed by atoms with Gasteiger partial charge in [0.05, 0.1) is 31.5 Å². The van der Waals surface area contributed by atoms with Crippen molar-refractivity contribution >= 4 is 0 Å². The SMILES string of the molecule is COc1ccc(C(CO)N(C)Cc2cnn(C(C)(C)C)c2)cc1. The van der Waals surface area contributed by atoms with Crippen molar-refractivity contribution in [3.05, 3.63) is 47.8 Å². The molecule has 0 radical (unpaired) electrons. The monoisotopic (exact) mass is 317 g/mol. The van der Waals surface area contributed by atoms with E-state index in [0.29, 0.717) is 0 Å². The first-order valence-electron chi connectivity index (χ1n) is 7.84. The van der Waals surface area contributed by atoms with Crippen molar-refractivity contribution in [2.75, 3.05) is 20.8 Å². The van der Waals surface area contributed by atoms with Gasteiger partial charge in [-0.05, 0) is 45.5 Å². The number of hydrogen-bond donors (Lipinski definition) is 1. The van der Waals surface area contributed by atoms with E-state index in [0.717, 1.165) is 23.4 Å². The second-order valence-corrected chi connectivity index (χ2v) is 6.85. The summed E-state index contributed by atoms with van der Waals surface area (Å²) in [4.78, 5) is 2.13. The maximum atomic E-state index is 9.80. The molecular weight excluding hydrogens is 290 g/mol. The van der Waals surface area contributed by atoms with Crippen molar-refractivity contribution in [3.8, 4) is 5.75 Å². The molecule has 0 saturated heterocycles. The summed E-state index contributed by atoms with van der Waals surface area (Å²) >= 11 is 0. The normalized spacial score (nSPS) is 13.3. The molecule has 0 bridgehead atoms. The Balaban J connectivity index is 2.10. The van der Waals surface area contributed by atoms with Gasteiger partial charge in [-0.1, -0.05) is 12.1 Å². The molecule has 23 heavy (non-hydrogen) atoms. The van der Waals surface area contributed by atoms with Crippen LogP contribution in [0.5, 0.6) is 5.75 Å². The third-order valence-corrected chi connectivity index (χ3v) is 3.96. The minimum Gasteiger partial charge on any atom is -0.497 e. The highest BCUT2D eigenvalue weighted by Gasteiger charge is 2.19. The van der Waals surface area contributed by atoms with E-state index in [9.17, 15) is 5.11 Å². The van der Waals surface area contributed by atoms with Crippen LogP contribution in [0, 0.1) is 0 Å². The summed E-state index contributed by atoms with van der Waals surface area (Å²) in [6.07, 6.45) is 3.96. The van der Waals surface area contributed by atoms with Gasteiger partial charge in [0, 0.05) is 18.3 Å². The van der Waals surface area contributed by atoms with Gasteiger partial charge < -0.3 is 9.84 Å². The molecule has 1 heterocycles. The Hall–Kier alpha value is -1.85. The number of aromatic nitrogens is 2. The molecule has 1 unspecified atom stereocenters. The largest absolute Gasteiger partial charge is 0.497 e. The average molecular weight is 317 g/mol. The van der Waals surface area contributed by atoms with Crippen LogP contribution in [0.2, 0.25) is 0 Å². The van der Waals surface area contributed by atoms with Gasteiger partial charge in [0.2, 0.25) is 0 Å². The lowest BCUT2D eigenvalue weighted by Gasteiger charge is -2.26. The van der Waals surface area contributed by atoms with E-state index in [1.54, 1.807) is 7.11 Å². The molecule has 2 aromatic rings. The van der Waals surface area contributed by atoms with Crippen LogP contribution in [0.25, 0.3) is 0 Å². The predicted molar refractivity (Wildman–Crippen MR) is 91.5 cm³/mol. The van der Waals surface area contributed by atoms with E-state index in [1.165, 1.54) is 0 Å². The standard InChI is InChI=1S/C18H27N3O2/c1-18(2,3)21-12-14(10-19-21)11-20(4)17(13-22)15-6-8-16(23-5)9-7-15/h6-10,12,17,22H,11,13H2,1-5H3. The summed E-state index contributed by atoms with van der Waals surface area (Å²) in [6.45, 7) is 7.17. The van der Waals surface area contributed by atoms with E-state index in [2.05, 4.69) is 37.0 Å². The summed E-state index contributed by atoms with van der Waals surface area (Å²) in [6, 6.07) is 7.77. The number of aliphatic hydroxyl groups excluding tert-OH is 1. The van der Waals surface area contributed by atoms with Gasteiger partial charge >= 0.3 is 0 Å². The van der Waals surface area contributed by atoms with E-state index in [4.69, 9.17) is 4.74 Å². The van der Waals surface area contributed by atoms with Crippen molar-refractivity contribution in [3.63, 3.8) is 0 Å². The molecule has 0 fully saturated rings. The van der Waals surface area contributed by atoms with Gasteiger partial charge in [0.1, 0.15) is 5.75 Å². The first-order chi connectivity index (χ1) is 10.8. The van der Waals surface area contributed by atoms with Gasteiger partial charge in [-0.15, -0.1) is 0 Å². The van der Waals surface area contributed by atoms with Crippen LogP contribution < -0.4 is 4.74 Å². The summed E-state index contributed by atoms with van der Waals surface area (Å²) in [5, 5.41) is 14.2. The number of methoxy groups -OCH3 is 1. The van der Waals surface area contributed by atoms with Crippen molar-refractivity contribution in [1.29, 1.82) is 0 Å². The zero-order valence-electron chi connectivity index (χ0n) is 14.7. The van der Waals surface area contributed by atoms with E-state index >= 15 is 0 Å². The maximum absolute atomic E-state index is 9.80. The van der Waals surface area contributed by atoms with Crippen molar-refractivity contribution in [1.82, 2.24) is 14.7 Å². The molecule has 126 valence electrons. The lowest BCUT2D eigenvalue weighted by atomic mass is 10.1. The maximum Gasteiger partial charge on any atom is 0.118 e. The third-order valence-electron chi connectivity index (χ3n) is 3.96. The van der Waals surface area contributed by atoms with Crippen LogP contribution in [-0.2, 0) is 12.1 Å². The predicted octanol–water partition coefficient (Wildman–Crippen LogP) is 2.81. The summed E-state index contributed by atoms with van der Waals surface area (Å²) in [5.41, 5.74) is 2.18. The minimum atomic E-state index is -0.0566. The molecule has 0 aliphatic heterocycles. The second-order valence-electron chi connectivity index (χ2n) is 6.85. The summed E-state index contributed by atoms with van der Waals surface area (Å²) in [7, 11) is 3.66. The Kier molecular flexibility index (Phi) is 5.44. The fourth-order valence-corrected chi connectivity index (χ4v) is 2.53. The smallest absolute Gasteiger partial charge is 0.118 e. The highest BCUT2D eigenvalue weighted by Crippen LogP contribution is 2.23. The van der Waals surface area contributed by atoms with Gasteiger partial charge in [-0.2, -0.15) is 5.10 Å². The Morgan fingerprint density at radius 3 is 2.39 bits per heavy atom. The first kappa shape index (κ1) is 17.5. The fraction of sp³-hybridized carbons (Fsp3) is 0.500. The molecule has 0 aliphatic rings. The number of ether oxygens (including phenoxy) is 1. The quantitative estimate of drug-likeness (QED) is 0.890. The molecule has 5 heteroatoms. The molecule has 1 atom stereocenters. The highest BCUT2D eigenvalue weighted by molar-refractivity contribution is 5.29. The molecule has 1 aromatic heterocycles. The molecule has 0 amide bonds. The molecule has 0 aliphatic carbocycles. The van der Waals surface area contributed by atoms with Crippen LogP contribution in [0.3, 0.4) is 0 Å². The number of likely N-dealkylation sites (N-methyl/N-ethyl adjacent to an activating group) is 1. The lowest BCUT2D eigenvalue weighted by molar-refractivity contribution is 0.142. The lowest BCUT2D eigenvalue weighted by Crippen LogP contribution is -2.27. The summed E-state index contributed by atoms with van der Waals surface area (Å²) < 4.78 is 7.16. The Morgan fingerprint density at radius 1 is 1.26 bits per heavy atom. The minimum absolute atomic E-state index is 0.0246. The van der Waals surface area contributed by atoms with Crippen LogP contribution >= 0.6 is 0 Å². The molecule has 5 nitrogen and oxygen atoms in total. The molecule has 1 aromatic carbocycles. The number of aliphatic hydroxyl groups is 1. The fourth-order valence-electron chi connectivity index (χ4n) is 2.53. The highest BCUT2D eigenvalue weighted by atomic mass is 16.5. The zero-order valence-corrected chi connectivity index (χ0v) is 14.7. The van der Waals surface area contributed by atoms with Crippen molar-refractivity contribution < 1.29 is 9.84 Å². The van der Waals surface area contributed by atoms with Crippen molar-refractivity contribution in [2.24, 2.45) is 0 Å².